The number of carbonyl (C=O) groups excluding carboxylic acids is 1. The van der Waals surface area contributed by atoms with Crippen molar-refractivity contribution in [3.05, 3.63) is 30.1 Å². The molecule has 2 rings (SSSR count). The van der Waals surface area contributed by atoms with Gasteiger partial charge in [-0.25, -0.2) is 4.39 Å². The number of benzene rings is 1. The van der Waals surface area contributed by atoms with Crippen LogP contribution in [0.5, 0.6) is 0 Å². The summed E-state index contributed by atoms with van der Waals surface area (Å²) in [7, 11) is 0. The van der Waals surface area contributed by atoms with Gasteiger partial charge in [0.1, 0.15) is 11.9 Å². The first kappa shape index (κ1) is 13.8. The maximum Gasteiger partial charge on any atom is 0.242 e. The first-order valence-corrected chi connectivity index (χ1v) is 6.62. The molecule has 0 aliphatic carbocycles. The van der Waals surface area contributed by atoms with E-state index >= 15 is 0 Å². The zero-order chi connectivity index (χ0) is 13.8. The van der Waals surface area contributed by atoms with Gasteiger partial charge in [-0.2, -0.15) is 0 Å². The van der Waals surface area contributed by atoms with Crippen LogP contribution in [0.15, 0.2) is 24.3 Å². The molecule has 1 heterocycles. The van der Waals surface area contributed by atoms with Crippen molar-refractivity contribution in [2.24, 2.45) is 11.7 Å². The Morgan fingerprint density at radius 3 is 3.00 bits per heavy atom. The van der Waals surface area contributed by atoms with Gasteiger partial charge in [0, 0.05) is 18.8 Å². The molecule has 19 heavy (non-hydrogen) atoms. The van der Waals surface area contributed by atoms with Crippen LogP contribution in [0.1, 0.15) is 13.3 Å². The first-order chi connectivity index (χ1) is 9.11. The summed E-state index contributed by atoms with van der Waals surface area (Å²) in [6.45, 7) is 3.86. The minimum atomic E-state index is -0.322. The molecule has 4 nitrogen and oxygen atoms in total. The number of rotatable bonds is 3. The summed E-state index contributed by atoms with van der Waals surface area (Å²) in [5, 5.41) is 2.91. The Balaban J connectivity index is 2.32. The number of nitrogens with zero attached hydrogens (tertiary/aromatic N) is 1. The Bertz CT molecular complexity index is 452. The number of hydrogen-bond acceptors (Lipinski definition) is 3. The Hall–Kier alpha value is -1.62. The van der Waals surface area contributed by atoms with Gasteiger partial charge in [0.05, 0.1) is 0 Å². The highest BCUT2D eigenvalue weighted by molar-refractivity contribution is 5.85. The molecule has 5 heteroatoms. The second kappa shape index (κ2) is 6.02. The molecule has 0 radical (unpaired) electrons. The van der Waals surface area contributed by atoms with Crippen LogP contribution < -0.4 is 16.0 Å². The van der Waals surface area contributed by atoms with Crippen molar-refractivity contribution in [1.82, 2.24) is 5.32 Å². The van der Waals surface area contributed by atoms with E-state index in [4.69, 9.17) is 5.73 Å². The molecule has 0 aromatic heterocycles. The minimum absolute atomic E-state index is 0.0286. The molecule has 0 spiro atoms. The third-order valence-corrected chi connectivity index (χ3v) is 3.39. The van der Waals surface area contributed by atoms with E-state index in [-0.39, 0.29) is 17.8 Å². The van der Waals surface area contributed by atoms with Crippen molar-refractivity contribution in [3.63, 3.8) is 0 Å². The lowest BCUT2D eigenvalue weighted by Gasteiger charge is -2.31. The summed E-state index contributed by atoms with van der Waals surface area (Å²) >= 11 is 0. The average Bonchev–Trinajstić information content (AvgIpc) is 2.52. The lowest BCUT2D eigenvalue weighted by atomic mass is 10.1. The molecule has 1 aliphatic rings. The number of halogens is 1. The molecule has 3 N–H and O–H groups in total. The smallest absolute Gasteiger partial charge is 0.242 e. The summed E-state index contributed by atoms with van der Waals surface area (Å²) in [6, 6.07) is 6.05. The quantitative estimate of drug-likeness (QED) is 0.861. The van der Waals surface area contributed by atoms with Gasteiger partial charge in [-0.1, -0.05) is 13.0 Å². The number of anilines is 1. The number of carbonyl (C=O) groups is 1. The van der Waals surface area contributed by atoms with Gasteiger partial charge in [0.25, 0.3) is 0 Å². The largest absolute Gasteiger partial charge is 0.359 e. The lowest BCUT2D eigenvalue weighted by molar-refractivity contribution is -0.122. The molecule has 1 saturated heterocycles. The van der Waals surface area contributed by atoms with Crippen molar-refractivity contribution in [1.29, 1.82) is 0 Å². The molecule has 1 aromatic rings. The summed E-state index contributed by atoms with van der Waals surface area (Å²) in [5.74, 6) is -0.00430. The molecule has 1 aliphatic heterocycles. The normalized spacial score (nSPS) is 23.9. The van der Waals surface area contributed by atoms with Gasteiger partial charge >= 0.3 is 0 Å². The summed E-state index contributed by atoms with van der Waals surface area (Å²) in [5.41, 5.74) is 6.33. The fourth-order valence-electron chi connectivity index (χ4n) is 2.45. The van der Waals surface area contributed by atoms with Gasteiger partial charge < -0.3 is 16.0 Å². The zero-order valence-electron chi connectivity index (χ0n) is 11.1. The average molecular weight is 265 g/mol. The maximum atomic E-state index is 13.4. The van der Waals surface area contributed by atoms with E-state index in [9.17, 15) is 9.18 Å². The van der Waals surface area contributed by atoms with Crippen molar-refractivity contribution in [3.8, 4) is 0 Å². The predicted molar refractivity (Wildman–Crippen MR) is 73.4 cm³/mol. The highest BCUT2D eigenvalue weighted by Crippen LogP contribution is 2.22. The molecular weight excluding hydrogens is 245 g/mol. The van der Waals surface area contributed by atoms with Crippen LogP contribution in [0.4, 0.5) is 10.1 Å². The van der Waals surface area contributed by atoms with E-state index in [2.05, 4.69) is 12.2 Å². The van der Waals surface area contributed by atoms with Crippen molar-refractivity contribution < 1.29 is 9.18 Å². The molecule has 0 bridgehead atoms. The summed E-state index contributed by atoms with van der Waals surface area (Å²) in [4.78, 5) is 14.1. The molecule has 2 unspecified atom stereocenters. The van der Waals surface area contributed by atoms with Gasteiger partial charge in [0.15, 0.2) is 0 Å². The topological polar surface area (TPSA) is 58.4 Å². The number of hydrogen-bond donors (Lipinski definition) is 2. The van der Waals surface area contributed by atoms with Gasteiger partial charge in [0.2, 0.25) is 5.91 Å². The van der Waals surface area contributed by atoms with Gasteiger partial charge in [-0.05, 0) is 37.1 Å². The molecule has 1 fully saturated rings. The van der Waals surface area contributed by atoms with Crippen molar-refractivity contribution >= 4 is 11.6 Å². The second-order valence-corrected chi connectivity index (χ2v) is 5.08. The van der Waals surface area contributed by atoms with E-state index in [1.54, 1.807) is 6.07 Å². The molecule has 1 aromatic carbocycles. The number of nitrogens with two attached hydrogens (primary N) is 1. The van der Waals surface area contributed by atoms with Crippen molar-refractivity contribution in [2.75, 3.05) is 24.5 Å². The highest BCUT2D eigenvalue weighted by atomic mass is 19.1. The maximum absolute atomic E-state index is 13.4. The Morgan fingerprint density at radius 1 is 1.53 bits per heavy atom. The summed E-state index contributed by atoms with van der Waals surface area (Å²) in [6.07, 6.45) is 0.565. The first-order valence-electron chi connectivity index (χ1n) is 6.62. The number of nitrogens with one attached hydrogen (secondary N) is 1. The summed E-state index contributed by atoms with van der Waals surface area (Å²) < 4.78 is 13.4. The standard InChI is InChI=1S/C14H20FN3O/c1-10-8-17-14(19)13(5-6-16)18(9-10)12-4-2-3-11(15)7-12/h2-4,7,10,13H,5-6,8-9,16H2,1H3,(H,17,19). The zero-order valence-corrected chi connectivity index (χ0v) is 11.1. The second-order valence-electron chi connectivity index (χ2n) is 5.08. The van der Waals surface area contributed by atoms with Crippen LogP contribution in [0.2, 0.25) is 0 Å². The van der Waals surface area contributed by atoms with Crippen LogP contribution in [-0.2, 0) is 4.79 Å². The molecule has 104 valence electrons. The van der Waals surface area contributed by atoms with E-state index in [0.717, 1.165) is 5.69 Å². The highest BCUT2D eigenvalue weighted by Gasteiger charge is 2.30. The monoisotopic (exact) mass is 265 g/mol. The third kappa shape index (κ3) is 3.23. The SMILES string of the molecule is CC1CNC(=O)C(CCN)N(c2cccc(F)c2)C1. The number of amides is 1. The van der Waals surface area contributed by atoms with E-state index < -0.39 is 0 Å². The lowest BCUT2D eigenvalue weighted by Crippen LogP contribution is -2.45. The van der Waals surface area contributed by atoms with Crippen LogP contribution >= 0.6 is 0 Å². The minimum Gasteiger partial charge on any atom is -0.359 e. The van der Waals surface area contributed by atoms with Crippen LogP contribution in [0.3, 0.4) is 0 Å². The Kier molecular flexibility index (Phi) is 4.37. The Morgan fingerprint density at radius 2 is 2.32 bits per heavy atom. The third-order valence-electron chi connectivity index (χ3n) is 3.39. The van der Waals surface area contributed by atoms with Gasteiger partial charge in [-0.3, -0.25) is 4.79 Å². The molecule has 2 atom stereocenters. The van der Waals surface area contributed by atoms with Crippen LogP contribution in [0, 0.1) is 11.7 Å². The van der Waals surface area contributed by atoms with Crippen molar-refractivity contribution in [2.45, 2.75) is 19.4 Å². The molecule has 0 saturated carbocycles. The Labute approximate surface area is 112 Å². The fraction of sp³-hybridized carbons (Fsp3) is 0.500. The molecular formula is C14H20FN3O. The van der Waals surface area contributed by atoms with Crippen LogP contribution in [0.25, 0.3) is 0 Å². The predicted octanol–water partition coefficient (Wildman–Crippen LogP) is 1.12. The fourth-order valence-corrected chi connectivity index (χ4v) is 2.45. The van der Waals surface area contributed by atoms with E-state index in [1.807, 2.05) is 11.0 Å². The van der Waals surface area contributed by atoms with Crippen LogP contribution in [-0.4, -0.2) is 31.6 Å². The van der Waals surface area contributed by atoms with E-state index in [0.29, 0.717) is 32.0 Å². The van der Waals surface area contributed by atoms with E-state index in [1.165, 1.54) is 12.1 Å². The molecule has 1 amide bonds. The van der Waals surface area contributed by atoms with Gasteiger partial charge in [-0.15, -0.1) is 0 Å².